The molecule has 36 heavy (non-hydrogen) atoms. The molecule has 1 aliphatic heterocycles. The maximum atomic E-state index is 13.8. The summed E-state index contributed by atoms with van der Waals surface area (Å²) < 4.78 is 32.9. The van der Waals surface area contributed by atoms with Crippen LogP contribution in [-0.2, 0) is 9.59 Å². The Bertz CT molecular complexity index is 1550. The lowest BCUT2D eigenvalue weighted by atomic mass is 9.94. The summed E-state index contributed by atoms with van der Waals surface area (Å²) in [5.74, 6) is -4.02. The van der Waals surface area contributed by atoms with Crippen molar-refractivity contribution in [1.29, 1.82) is 0 Å². The van der Waals surface area contributed by atoms with Crippen molar-refractivity contribution in [2.75, 3.05) is 12.0 Å². The molecule has 0 aliphatic carbocycles. The van der Waals surface area contributed by atoms with Gasteiger partial charge in [-0.2, -0.15) is 0 Å². The average molecular weight is 489 g/mol. The van der Waals surface area contributed by atoms with Crippen molar-refractivity contribution in [2.45, 2.75) is 19.9 Å². The van der Waals surface area contributed by atoms with Gasteiger partial charge in [-0.05, 0) is 48.7 Å². The number of carbonyl (C=O) groups excluding carboxylic acids is 2. The van der Waals surface area contributed by atoms with Gasteiger partial charge in [-0.3, -0.25) is 14.5 Å². The summed E-state index contributed by atoms with van der Waals surface area (Å²) >= 11 is 0. The number of aliphatic hydroxyl groups is 1. The lowest BCUT2D eigenvalue weighted by molar-refractivity contribution is -0.132. The van der Waals surface area contributed by atoms with Crippen molar-refractivity contribution < 1.29 is 28.2 Å². The number of halogens is 2. The Morgan fingerprint density at radius 1 is 1.03 bits per heavy atom. The lowest BCUT2D eigenvalue weighted by Crippen LogP contribution is -2.30. The van der Waals surface area contributed by atoms with Crippen LogP contribution in [0.25, 0.3) is 16.8 Å². The first-order chi connectivity index (χ1) is 17.2. The average Bonchev–Trinajstić information content (AvgIpc) is 3.38. The normalized spacial score (nSPS) is 17.2. The van der Waals surface area contributed by atoms with Gasteiger partial charge in [0.2, 0.25) is 5.95 Å². The number of aromatic nitrogens is 2. The number of nitrogens with zero attached hydrogens (tertiary/aromatic N) is 2. The second-order valence-electron chi connectivity index (χ2n) is 8.59. The number of carbonyl (C=O) groups is 2. The molecule has 182 valence electrons. The minimum absolute atomic E-state index is 0.0735. The molecular formula is C27H21F2N3O4. The molecule has 1 aromatic heterocycles. The zero-order valence-electron chi connectivity index (χ0n) is 19.6. The second-order valence-corrected chi connectivity index (χ2v) is 8.59. The number of fused-ring (bicyclic) bond motifs is 1. The Hall–Kier alpha value is -4.53. The Morgan fingerprint density at radius 2 is 1.78 bits per heavy atom. The van der Waals surface area contributed by atoms with Crippen LogP contribution < -0.4 is 9.64 Å². The summed E-state index contributed by atoms with van der Waals surface area (Å²) in [7, 11) is 1.48. The first kappa shape index (κ1) is 23.2. The number of hydrogen-bond acceptors (Lipinski definition) is 5. The van der Waals surface area contributed by atoms with Gasteiger partial charge in [-0.25, -0.2) is 13.8 Å². The number of aromatic amines is 1. The van der Waals surface area contributed by atoms with Crippen LogP contribution in [0.4, 0.5) is 14.7 Å². The summed E-state index contributed by atoms with van der Waals surface area (Å²) in [5.41, 5.74) is 2.81. The number of Topliss-reactive ketones (excluding diaryl/α,β-unsaturated/α-hetero) is 1. The molecule has 1 unspecified atom stereocenters. The quantitative estimate of drug-likeness (QED) is 0.236. The van der Waals surface area contributed by atoms with Crippen molar-refractivity contribution in [3.63, 3.8) is 0 Å². The number of benzene rings is 3. The van der Waals surface area contributed by atoms with E-state index in [2.05, 4.69) is 9.97 Å². The molecule has 7 nitrogen and oxygen atoms in total. The number of H-pyrrole nitrogens is 1. The van der Waals surface area contributed by atoms with Crippen LogP contribution in [0.15, 0.2) is 60.2 Å². The number of rotatable bonds is 4. The molecule has 0 spiro atoms. The monoisotopic (exact) mass is 489 g/mol. The zero-order valence-corrected chi connectivity index (χ0v) is 19.6. The van der Waals surface area contributed by atoms with Crippen LogP contribution in [0.5, 0.6) is 5.75 Å². The summed E-state index contributed by atoms with van der Waals surface area (Å²) in [6.45, 7) is 3.79. The largest absolute Gasteiger partial charge is 0.507 e. The van der Waals surface area contributed by atoms with Crippen LogP contribution in [0.1, 0.15) is 28.3 Å². The molecule has 0 saturated carbocycles. The summed E-state index contributed by atoms with van der Waals surface area (Å²) in [6.07, 6.45) is 0. The number of aliphatic hydroxyl groups excluding tert-OH is 1. The number of hydrogen-bond donors (Lipinski definition) is 2. The molecule has 1 aliphatic rings. The molecule has 9 heteroatoms. The molecule has 1 saturated heterocycles. The number of ketones is 1. The molecule has 0 radical (unpaired) electrons. The van der Waals surface area contributed by atoms with E-state index >= 15 is 0 Å². The minimum Gasteiger partial charge on any atom is -0.507 e. The molecule has 1 amide bonds. The van der Waals surface area contributed by atoms with Crippen LogP contribution in [0.2, 0.25) is 0 Å². The highest BCUT2D eigenvalue weighted by Crippen LogP contribution is 2.42. The Labute approximate surface area is 204 Å². The van der Waals surface area contributed by atoms with Gasteiger partial charge in [0.1, 0.15) is 11.5 Å². The minimum atomic E-state index is -1.10. The maximum absolute atomic E-state index is 13.8. The van der Waals surface area contributed by atoms with E-state index in [0.717, 1.165) is 28.2 Å². The van der Waals surface area contributed by atoms with E-state index in [1.54, 1.807) is 36.4 Å². The molecule has 3 aromatic carbocycles. The predicted octanol–water partition coefficient (Wildman–Crippen LogP) is 5.09. The standard InChI is InChI=1S/C27H21F2N3O4/c1-13-7-8-16(9-14(13)2)24(33)22-23(15-5-4-6-17(10-15)36-3)32(26(35)25(22)34)27-30-20-11-18(28)19(29)12-21(20)31-27/h4-12,23,33H,1-3H3,(H,30,31)/b24-22+. The van der Waals surface area contributed by atoms with E-state index in [9.17, 15) is 23.5 Å². The van der Waals surface area contributed by atoms with E-state index in [-0.39, 0.29) is 28.3 Å². The Morgan fingerprint density at radius 3 is 2.50 bits per heavy atom. The molecule has 0 bridgehead atoms. The molecule has 2 N–H and O–H groups in total. The topological polar surface area (TPSA) is 95.5 Å². The van der Waals surface area contributed by atoms with Crippen molar-refractivity contribution in [1.82, 2.24) is 9.97 Å². The Kier molecular flexibility index (Phi) is 5.55. The number of aryl methyl sites for hydroxylation is 2. The van der Waals surface area contributed by atoms with Gasteiger partial charge in [0, 0.05) is 17.7 Å². The van der Waals surface area contributed by atoms with E-state index < -0.39 is 29.4 Å². The van der Waals surface area contributed by atoms with Crippen LogP contribution >= 0.6 is 0 Å². The third-order valence-corrected chi connectivity index (χ3v) is 6.37. The van der Waals surface area contributed by atoms with Crippen LogP contribution in [0.3, 0.4) is 0 Å². The third-order valence-electron chi connectivity index (χ3n) is 6.37. The molecular weight excluding hydrogens is 468 g/mol. The number of anilines is 1. The van der Waals surface area contributed by atoms with Gasteiger partial charge < -0.3 is 14.8 Å². The number of methoxy groups -OCH3 is 1. The van der Waals surface area contributed by atoms with Gasteiger partial charge in [0.05, 0.1) is 29.8 Å². The first-order valence-electron chi connectivity index (χ1n) is 11.1. The fourth-order valence-electron chi connectivity index (χ4n) is 4.33. The second kappa shape index (κ2) is 8.60. The highest BCUT2D eigenvalue weighted by molar-refractivity contribution is 6.51. The van der Waals surface area contributed by atoms with Crippen molar-refractivity contribution >= 4 is 34.4 Å². The van der Waals surface area contributed by atoms with Gasteiger partial charge in [-0.1, -0.05) is 24.3 Å². The van der Waals surface area contributed by atoms with Crippen molar-refractivity contribution in [3.8, 4) is 5.75 Å². The smallest absolute Gasteiger partial charge is 0.302 e. The van der Waals surface area contributed by atoms with Crippen LogP contribution in [0, 0.1) is 25.5 Å². The van der Waals surface area contributed by atoms with E-state index in [0.29, 0.717) is 16.9 Å². The number of imidazole rings is 1. The number of nitrogens with one attached hydrogen (secondary N) is 1. The highest BCUT2D eigenvalue weighted by Gasteiger charge is 2.48. The van der Waals surface area contributed by atoms with E-state index in [1.807, 2.05) is 19.9 Å². The number of ether oxygens (including phenoxy) is 1. The van der Waals surface area contributed by atoms with Gasteiger partial charge in [0.25, 0.3) is 5.78 Å². The van der Waals surface area contributed by atoms with E-state index in [4.69, 9.17) is 4.74 Å². The molecule has 5 rings (SSSR count). The SMILES string of the molecule is COc1cccc(C2/C(=C(\O)c3ccc(C)c(C)c3)C(=O)C(=O)N2c2nc3cc(F)c(F)cc3[nH]2)c1. The van der Waals surface area contributed by atoms with Crippen LogP contribution in [-0.4, -0.2) is 33.9 Å². The Balaban J connectivity index is 1.75. The van der Waals surface area contributed by atoms with E-state index in [1.165, 1.54) is 7.11 Å². The molecule has 2 heterocycles. The van der Waals surface area contributed by atoms with Gasteiger partial charge in [0.15, 0.2) is 11.6 Å². The number of amides is 1. The first-order valence-corrected chi connectivity index (χ1v) is 11.1. The fraction of sp³-hybridized carbons (Fsp3) is 0.148. The summed E-state index contributed by atoms with van der Waals surface area (Å²) in [4.78, 5) is 34.8. The fourth-order valence-corrected chi connectivity index (χ4v) is 4.33. The molecule has 1 fully saturated rings. The summed E-state index contributed by atoms with van der Waals surface area (Å²) in [5, 5.41) is 11.3. The van der Waals surface area contributed by atoms with Crippen molar-refractivity contribution in [3.05, 3.63) is 94.1 Å². The molecule has 4 aromatic rings. The van der Waals surface area contributed by atoms with Crippen molar-refractivity contribution in [2.24, 2.45) is 0 Å². The lowest BCUT2D eigenvalue weighted by Gasteiger charge is -2.23. The summed E-state index contributed by atoms with van der Waals surface area (Å²) in [6, 6.07) is 12.7. The van der Waals surface area contributed by atoms with Gasteiger partial charge in [-0.15, -0.1) is 0 Å². The highest BCUT2D eigenvalue weighted by atomic mass is 19.2. The third kappa shape index (κ3) is 3.69. The maximum Gasteiger partial charge on any atom is 0.302 e. The zero-order chi connectivity index (χ0) is 25.7. The van der Waals surface area contributed by atoms with Gasteiger partial charge >= 0.3 is 5.91 Å². The predicted molar refractivity (Wildman–Crippen MR) is 130 cm³/mol. The molecule has 1 atom stereocenters.